The van der Waals surface area contributed by atoms with Crippen LogP contribution in [-0.4, -0.2) is 19.7 Å². The Morgan fingerprint density at radius 1 is 1.12 bits per heavy atom. The van der Waals surface area contributed by atoms with Crippen molar-refractivity contribution in [2.24, 2.45) is 0 Å². The van der Waals surface area contributed by atoms with Crippen molar-refractivity contribution in [3.05, 3.63) is 64.7 Å². The number of ether oxygens (including phenoxy) is 2. The molecule has 134 valence electrons. The minimum atomic E-state index is -0.182. The van der Waals surface area contributed by atoms with Gasteiger partial charge < -0.3 is 20.1 Å². The third-order valence-corrected chi connectivity index (χ3v) is 4.95. The van der Waals surface area contributed by atoms with Crippen LogP contribution in [0.2, 0.25) is 0 Å². The van der Waals surface area contributed by atoms with Crippen LogP contribution in [0.25, 0.3) is 5.70 Å². The molecule has 1 aliphatic carbocycles. The molecule has 0 fully saturated rings. The fraction of sp³-hybridized carbons (Fsp3) is 0.286. The average Bonchev–Trinajstić information content (AvgIpc) is 2.68. The van der Waals surface area contributed by atoms with E-state index in [2.05, 4.69) is 22.8 Å². The molecule has 2 aliphatic rings. The topological polar surface area (TPSA) is 59.6 Å². The van der Waals surface area contributed by atoms with Crippen LogP contribution >= 0.6 is 0 Å². The molecular formula is C21H22N2O3. The smallest absolute Gasteiger partial charge is 0.319 e. The third kappa shape index (κ3) is 2.79. The van der Waals surface area contributed by atoms with E-state index in [0.717, 1.165) is 29.7 Å². The van der Waals surface area contributed by atoms with E-state index in [-0.39, 0.29) is 12.1 Å². The highest BCUT2D eigenvalue weighted by Gasteiger charge is 2.32. The largest absolute Gasteiger partial charge is 0.493 e. The van der Waals surface area contributed by atoms with Crippen LogP contribution in [-0.2, 0) is 6.42 Å². The number of nitrogens with one attached hydrogen (secondary N) is 2. The van der Waals surface area contributed by atoms with E-state index < -0.39 is 0 Å². The van der Waals surface area contributed by atoms with Crippen LogP contribution < -0.4 is 20.1 Å². The number of rotatable bonds is 4. The summed E-state index contributed by atoms with van der Waals surface area (Å²) in [5.41, 5.74) is 5.53. The van der Waals surface area contributed by atoms with Gasteiger partial charge in [-0.15, -0.1) is 0 Å². The molecule has 0 saturated heterocycles. The minimum absolute atomic E-state index is 0.170. The van der Waals surface area contributed by atoms with Gasteiger partial charge in [0.05, 0.1) is 25.5 Å². The van der Waals surface area contributed by atoms with E-state index in [9.17, 15) is 4.79 Å². The van der Waals surface area contributed by atoms with Crippen molar-refractivity contribution in [3.8, 4) is 11.5 Å². The maximum Gasteiger partial charge on any atom is 0.319 e. The van der Waals surface area contributed by atoms with Crippen molar-refractivity contribution in [1.82, 2.24) is 10.6 Å². The molecule has 1 aliphatic heterocycles. The number of carbonyl (C=O) groups is 1. The van der Waals surface area contributed by atoms with Crippen molar-refractivity contribution in [1.29, 1.82) is 0 Å². The van der Waals surface area contributed by atoms with Crippen LogP contribution in [0.4, 0.5) is 4.79 Å². The molecule has 5 heteroatoms. The fourth-order valence-electron chi connectivity index (χ4n) is 3.78. The maximum atomic E-state index is 12.3. The van der Waals surface area contributed by atoms with Crippen LogP contribution in [0, 0.1) is 0 Å². The summed E-state index contributed by atoms with van der Waals surface area (Å²) in [6.07, 6.45) is 1.87. The molecule has 26 heavy (non-hydrogen) atoms. The van der Waals surface area contributed by atoms with Crippen LogP contribution in [0.3, 0.4) is 0 Å². The number of urea groups is 1. The summed E-state index contributed by atoms with van der Waals surface area (Å²) in [6.45, 7) is 2.52. The Balaban J connectivity index is 1.78. The van der Waals surface area contributed by atoms with Gasteiger partial charge in [-0.1, -0.05) is 30.3 Å². The van der Waals surface area contributed by atoms with Crippen LogP contribution in [0.15, 0.2) is 48.0 Å². The van der Waals surface area contributed by atoms with Crippen molar-refractivity contribution in [2.45, 2.75) is 25.8 Å². The fourth-order valence-corrected chi connectivity index (χ4v) is 3.78. The van der Waals surface area contributed by atoms with E-state index in [1.807, 2.05) is 37.3 Å². The Labute approximate surface area is 153 Å². The molecule has 5 nitrogen and oxygen atoms in total. The lowest BCUT2D eigenvalue weighted by Gasteiger charge is -2.34. The van der Waals surface area contributed by atoms with Gasteiger partial charge in [0.2, 0.25) is 0 Å². The predicted octanol–water partition coefficient (Wildman–Crippen LogP) is 3.81. The molecule has 2 amide bonds. The molecule has 4 rings (SSSR count). The molecule has 0 radical (unpaired) electrons. The lowest BCUT2D eigenvalue weighted by molar-refractivity contribution is 0.240. The first-order chi connectivity index (χ1) is 12.7. The van der Waals surface area contributed by atoms with Gasteiger partial charge in [-0.3, -0.25) is 0 Å². The molecule has 0 bridgehead atoms. The lowest BCUT2D eigenvalue weighted by Crippen LogP contribution is -2.44. The average molecular weight is 350 g/mol. The molecule has 0 saturated carbocycles. The summed E-state index contributed by atoms with van der Waals surface area (Å²) >= 11 is 0. The number of hydrogen-bond acceptors (Lipinski definition) is 3. The monoisotopic (exact) mass is 350 g/mol. The molecule has 0 unspecified atom stereocenters. The maximum absolute atomic E-state index is 12.3. The first kappa shape index (κ1) is 16.5. The molecule has 1 atom stereocenters. The second-order valence-electron chi connectivity index (χ2n) is 6.43. The number of amides is 2. The van der Waals surface area contributed by atoms with E-state index >= 15 is 0 Å². The summed E-state index contributed by atoms with van der Waals surface area (Å²) in [7, 11) is 1.63. The number of methoxy groups -OCH3 is 1. The highest BCUT2D eigenvalue weighted by molar-refractivity contribution is 5.91. The SMILES string of the molecule is CCOc1ccc([C@@H]2NC(=O)NC3=C2CCc2ccccc23)cc1OC. The van der Waals surface area contributed by atoms with Crippen molar-refractivity contribution in [3.63, 3.8) is 0 Å². The van der Waals surface area contributed by atoms with Gasteiger partial charge in [-0.05, 0) is 48.6 Å². The van der Waals surface area contributed by atoms with Crippen LogP contribution in [0.1, 0.15) is 36.1 Å². The molecule has 0 aromatic heterocycles. The Kier molecular flexibility index (Phi) is 4.29. The quantitative estimate of drug-likeness (QED) is 0.882. The first-order valence-electron chi connectivity index (χ1n) is 8.90. The van der Waals surface area contributed by atoms with E-state index in [1.54, 1.807) is 7.11 Å². The number of carbonyl (C=O) groups excluding carboxylic acids is 1. The predicted molar refractivity (Wildman–Crippen MR) is 100 cm³/mol. The Hall–Kier alpha value is -2.95. The molecule has 2 aromatic rings. The number of fused-ring (bicyclic) bond motifs is 2. The third-order valence-electron chi connectivity index (χ3n) is 4.95. The Morgan fingerprint density at radius 3 is 2.77 bits per heavy atom. The summed E-state index contributed by atoms with van der Waals surface area (Å²) < 4.78 is 11.1. The van der Waals surface area contributed by atoms with Gasteiger partial charge in [-0.25, -0.2) is 4.79 Å². The van der Waals surface area contributed by atoms with Gasteiger partial charge in [0.25, 0.3) is 0 Å². The normalized spacial score (nSPS) is 18.4. The van der Waals surface area contributed by atoms with Crippen molar-refractivity contribution < 1.29 is 14.3 Å². The van der Waals surface area contributed by atoms with Gasteiger partial charge in [-0.2, -0.15) is 0 Å². The van der Waals surface area contributed by atoms with Gasteiger partial charge >= 0.3 is 6.03 Å². The highest BCUT2D eigenvalue weighted by atomic mass is 16.5. The summed E-state index contributed by atoms with van der Waals surface area (Å²) in [5, 5.41) is 6.07. The van der Waals surface area contributed by atoms with Gasteiger partial charge in [0.1, 0.15) is 0 Å². The standard InChI is InChI=1S/C21H22N2O3/c1-3-26-17-11-9-14(12-18(17)25-2)19-16-10-8-13-6-4-5-7-15(13)20(16)23-21(24)22-19/h4-7,9,11-12,19H,3,8,10H2,1-2H3,(H2,22,23,24)/t19-/m0/s1. The minimum Gasteiger partial charge on any atom is -0.493 e. The zero-order valence-corrected chi connectivity index (χ0v) is 15.0. The summed E-state index contributed by atoms with van der Waals surface area (Å²) in [6, 6.07) is 13.8. The van der Waals surface area contributed by atoms with Crippen molar-refractivity contribution >= 4 is 11.7 Å². The van der Waals surface area contributed by atoms with E-state index in [0.29, 0.717) is 18.1 Å². The Bertz CT molecular complexity index is 889. The summed E-state index contributed by atoms with van der Waals surface area (Å²) in [5.74, 6) is 1.39. The zero-order chi connectivity index (χ0) is 18.1. The van der Waals surface area contributed by atoms with Crippen molar-refractivity contribution in [2.75, 3.05) is 13.7 Å². The summed E-state index contributed by atoms with van der Waals surface area (Å²) in [4.78, 5) is 12.3. The molecular weight excluding hydrogens is 328 g/mol. The lowest BCUT2D eigenvalue weighted by atomic mass is 9.83. The molecule has 2 N–H and O–H groups in total. The first-order valence-corrected chi connectivity index (χ1v) is 8.90. The zero-order valence-electron chi connectivity index (χ0n) is 15.0. The molecule has 1 heterocycles. The second-order valence-corrected chi connectivity index (χ2v) is 6.43. The molecule has 0 spiro atoms. The number of benzene rings is 2. The number of aryl methyl sites for hydroxylation is 1. The highest BCUT2D eigenvalue weighted by Crippen LogP contribution is 2.40. The van der Waals surface area contributed by atoms with E-state index in [1.165, 1.54) is 11.1 Å². The second kappa shape index (κ2) is 6.75. The van der Waals surface area contributed by atoms with E-state index in [4.69, 9.17) is 9.47 Å². The van der Waals surface area contributed by atoms with Gasteiger partial charge in [0.15, 0.2) is 11.5 Å². The Morgan fingerprint density at radius 2 is 1.96 bits per heavy atom. The van der Waals surface area contributed by atoms with Crippen LogP contribution in [0.5, 0.6) is 11.5 Å². The number of hydrogen-bond donors (Lipinski definition) is 2. The van der Waals surface area contributed by atoms with Gasteiger partial charge in [0, 0.05) is 5.56 Å². The molecule has 2 aromatic carbocycles.